The lowest BCUT2D eigenvalue weighted by molar-refractivity contribution is -0.172. The number of rotatable bonds is 4. The zero-order valence-corrected chi connectivity index (χ0v) is 21.4. The lowest BCUT2D eigenvalue weighted by atomic mass is 9.86. The number of pyridine rings is 2. The third-order valence-electron chi connectivity index (χ3n) is 8.08. The molecule has 1 N–H and O–H groups in total. The number of aromatic nitrogens is 2. The summed E-state index contributed by atoms with van der Waals surface area (Å²) in [5.74, 6) is 2.92. The molecule has 0 amide bonds. The molecule has 6 heterocycles. The summed E-state index contributed by atoms with van der Waals surface area (Å²) in [5.41, 5.74) is 2.83. The van der Waals surface area contributed by atoms with E-state index in [0.29, 0.717) is 40.6 Å². The van der Waals surface area contributed by atoms with E-state index in [0.717, 1.165) is 59.6 Å². The smallest absolute Gasteiger partial charge is 0.343 e. The Morgan fingerprint density at radius 3 is 2.65 bits per heavy atom. The third-order valence-corrected chi connectivity index (χ3v) is 9.02. The van der Waals surface area contributed by atoms with Crippen molar-refractivity contribution >= 4 is 28.6 Å². The van der Waals surface area contributed by atoms with Crippen molar-refractivity contribution in [1.29, 1.82) is 0 Å². The van der Waals surface area contributed by atoms with Gasteiger partial charge in [-0.1, -0.05) is 6.92 Å². The van der Waals surface area contributed by atoms with Gasteiger partial charge in [0.2, 0.25) is 6.79 Å². The van der Waals surface area contributed by atoms with Gasteiger partial charge in [-0.2, -0.15) is 11.8 Å². The van der Waals surface area contributed by atoms with Crippen molar-refractivity contribution in [3.63, 3.8) is 0 Å². The van der Waals surface area contributed by atoms with Gasteiger partial charge in [0.25, 0.3) is 5.56 Å². The number of cyclic esters (lactones) is 1. The van der Waals surface area contributed by atoms with Crippen LogP contribution in [0.2, 0.25) is 0 Å². The molecule has 1 atom stereocenters. The number of carbonyl (C=O) groups is 1. The second-order valence-corrected chi connectivity index (χ2v) is 11.2. The molecule has 10 heteroatoms. The molecule has 0 radical (unpaired) electrons. The van der Waals surface area contributed by atoms with Gasteiger partial charge in [-0.25, -0.2) is 9.78 Å². The topological polar surface area (TPSA) is 103 Å². The molecule has 1 saturated heterocycles. The maximum Gasteiger partial charge on any atom is 0.343 e. The van der Waals surface area contributed by atoms with Gasteiger partial charge in [-0.3, -0.25) is 4.79 Å². The quantitative estimate of drug-likeness (QED) is 0.406. The number of aliphatic hydroxyl groups is 1. The number of thioether (sulfide) groups is 1. The van der Waals surface area contributed by atoms with E-state index in [1.165, 1.54) is 0 Å². The fourth-order valence-electron chi connectivity index (χ4n) is 5.93. The van der Waals surface area contributed by atoms with Crippen molar-refractivity contribution in [2.45, 2.75) is 38.5 Å². The Balaban J connectivity index is 1.41. The molecule has 1 aromatic carbocycles. The minimum absolute atomic E-state index is 0.114. The first-order chi connectivity index (χ1) is 18.0. The van der Waals surface area contributed by atoms with Gasteiger partial charge in [-0.05, 0) is 30.5 Å². The summed E-state index contributed by atoms with van der Waals surface area (Å²) in [5, 5.41) is 12.2. The van der Waals surface area contributed by atoms with Gasteiger partial charge >= 0.3 is 5.97 Å². The molecule has 9 nitrogen and oxygen atoms in total. The summed E-state index contributed by atoms with van der Waals surface area (Å²) in [4.78, 5) is 33.6. The van der Waals surface area contributed by atoms with Crippen molar-refractivity contribution in [3.8, 4) is 22.9 Å². The van der Waals surface area contributed by atoms with Crippen molar-refractivity contribution in [3.05, 3.63) is 50.8 Å². The number of fused-ring (bicyclic) bond motifs is 6. The molecule has 0 saturated carbocycles. The highest BCUT2D eigenvalue weighted by Gasteiger charge is 2.45. The average Bonchev–Trinajstić information content (AvgIpc) is 3.53. The summed E-state index contributed by atoms with van der Waals surface area (Å²) >= 11 is 1.99. The summed E-state index contributed by atoms with van der Waals surface area (Å²) in [6.07, 6.45) is 0.928. The Labute approximate surface area is 217 Å². The van der Waals surface area contributed by atoms with Crippen LogP contribution in [0.1, 0.15) is 35.6 Å². The van der Waals surface area contributed by atoms with Crippen LogP contribution in [0.5, 0.6) is 11.5 Å². The molecular formula is C27H27N3O6S. The largest absolute Gasteiger partial charge is 0.458 e. The maximum absolute atomic E-state index is 13.6. The van der Waals surface area contributed by atoms with Crippen molar-refractivity contribution in [2.24, 2.45) is 0 Å². The summed E-state index contributed by atoms with van der Waals surface area (Å²) in [7, 11) is 0. The Kier molecular flexibility index (Phi) is 5.28. The molecule has 2 aromatic heterocycles. The predicted molar refractivity (Wildman–Crippen MR) is 138 cm³/mol. The normalized spacial score (nSPS) is 22.1. The van der Waals surface area contributed by atoms with Crippen LogP contribution in [-0.2, 0) is 34.7 Å². The summed E-state index contributed by atoms with van der Waals surface area (Å²) < 4.78 is 18.2. The molecular weight excluding hydrogens is 494 g/mol. The second-order valence-electron chi connectivity index (χ2n) is 9.95. The van der Waals surface area contributed by atoms with Gasteiger partial charge in [0.1, 0.15) is 6.61 Å². The first-order valence-corrected chi connectivity index (χ1v) is 13.9. The van der Waals surface area contributed by atoms with E-state index < -0.39 is 11.6 Å². The predicted octanol–water partition coefficient (Wildman–Crippen LogP) is 2.40. The minimum atomic E-state index is -1.84. The lowest BCUT2D eigenvalue weighted by Gasteiger charge is -2.31. The van der Waals surface area contributed by atoms with Gasteiger partial charge in [0.15, 0.2) is 17.1 Å². The Morgan fingerprint density at radius 1 is 1.08 bits per heavy atom. The molecule has 37 heavy (non-hydrogen) atoms. The van der Waals surface area contributed by atoms with Gasteiger partial charge in [0.05, 0.1) is 29.0 Å². The molecule has 4 aliphatic rings. The lowest BCUT2D eigenvalue weighted by Crippen LogP contribution is -2.44. The number of hydrogen-bond donors (Lipinski definition) is 1. The number of benzene rings is 1. The monoisotopic (exact) mass is 521 g/mol. The van der Waals surface area contributed by atoms with Crippen LogP contribution in [0.25, 0.3) is 22.3 Å². The highest BCUT2D eigenvalue weighted by atomic mass is 32.2. The molecule has 1 fully saturated rings. The number of carbonyl (C=O) groups excluding carboxylic acids is 1. The summed E-state index contributed by atoms with van der Waals surface area (Å²) in [6.45, 7) is 5.19. The van der Waals surface area contributed by atoms with Crippen LogP contribution in [0.3, 0.4) is 0 Å². The number of esters is 1. The Morgan fingerprint density at radius 2 is 1.86 bits per heavy atom. The fourth-order valence-corrected chi connectivity index (χ4v) is 6.91. The van der Waals surface area contributed by atoms with E-state index in [1.807, 2.05) is 23.9 Å². The molecule has 0 aliphatic carbocycles. The third kappa shape index (κ3) is 3.42. The van der Waals surface area contributed by atoms with Gasteiger partial charge in [0, 0.05) is 53.7 Å². The summed E-state index contributed by atoms with van der Waals surface area (Å²) in [6, 6.07) is 5.67. The molecule has 0 spiro atoms. The Hall–Kier alpha value is -3.08. The van der Waals surface area contributed by atoms with Gasteiger partial charge < -0.3 is 28.8 Å². The van der Waals surface area contributed by atoms with Crippen LogP contribution < -0.4 is 15.0 Å². The highest BCUT2D eigenvalue weighted by Crippen LogP contribution is 2.43. The van der Waals surface area contributed by atoms with E-state index in [1.54, 1.807) is 17.6 Å². The first-order valence-electron chi connectivity index (χ1n) is 12.7. The van der Waals surface area contributed by atoms with E-state index in [2.05, 4.69) is 4.90 Å². The maximum atomic E-state index is 13.6. The standard InChI is InChI=1S/C27H27N3O6S/c1-2-27(33)19-10-21-24-17(12-30(21)25(31)18(19)13-34-26(27)32)15(3-4-29-5-7-37-8-6-29)16-9-22-23(36-14-35-22)11-20(16)28-24/h9-11,33H,2-8,12-14H2,1H3/t27-/m0/s1. The van der Waals surface area contributed by atoms with Crippen LogP contribution in [0.15, 0.2) is 23.0 Å². The second kappa shape index (κ2) is 8.47. The van der Waals surface area contributed by atoms with Crippen LogP contribution in [0, 0.1) is 0 Å². The SMILES string of the molecule is CC[C@@]1(O)C(=O)OCc2c1cc1n(c2=O)Cc2c-1nc1cc3c(cc1c2CCN1CCSCC1)OCO3. The molecule has 0 unspecified atom stereocenters. The van der Waals surface area contributed by atoms with Crippen LogP contribution >= 0.6 is 11.8 Å². The molecule has 192 valence electrons. The zero-order chi connectivity index (χ0) is 25.3. The molecule has 4 aliphatic heterocycles. The Bertz CT molecular complexity index is 1530. The number of hydrogen-bond acceptors (Lipinski definition) is 9. The first kappa shape index (κ1) is 23.1. The van der Waals surface area contributed by atoms with E-state index in [9.17, 15) is 14.7 Å². The zero-order valence-electron chi connectivity index (χ0n) is 20.5. The van der Waals surface area contributed by atoms with E-state index in [4.69, 9.17) is 19.2 Å². The van der Waals surface area contributed by atoms with Crippen molar-refractivity contribution in [2.75, 3.05) is 37.9 Å². The minimum Gasteiger partial charge on any atom is -0.458 e. The average molecular weight is 522 g/mol. The number of nitrogens with zero attached hydrogens (tertiary/aromatic N) is 3. The van der Waals surface area contributed by atoms with E-state index >= 15 is 0 Å². The fraction of sp³-hybridized carbons (Fsp3) is 0.444. The van der Waals surface area contributed by atoms with Crippen LogP contribution in [0.4, 0.5) is 0 Å². The molecule has 3 aromatic rings. The number of ether oxygens (including phenoxy) is 3. The van der Waals surface area contributed by atoms with E-state index in [-0.39, 0.29) is 25.4 Å². The van der Waals surface area contributed by atoms with Gasteiger partial charge in [-0.15, -0.1) is 0 Å². The van der Waals surface area contributed by atoms with Crippen LogP contribution in [-0.4, -0.2) is 63.5 Å². The van der Waals surface area contributed by atoms with Crippen molar-refractivity contribution < 1.29 is 24.1 Å². The highest BCUT2D eigenvalue weighted by molar-refractivity contribution is 7.99. The van der Waals surface area contributed by atoms with Crippen molar-refractivity contribution in [1.82, 2.24) is 14.5 Å². The molecule has 0 bridgehead atoms. The molecule has 7 rings (SSSR count).